The van der Waals surface area contributed by atoms with Gasteiger partial charge in [0.25, 0.3) is 0 Å². The molecule has 100 valence electrons. The molecule has 2 aromatic rings. The van der Waals surface area contributed by atoms with Crippen LogP contribution >= 0.6 is 39.2 Å². The van der Waals surface area contributed by atoms with Crippen molar-refractivity contribution in [3.63, 3.8) is 0 Å². The highest BCUT2D eigenvalue weighted by Crippen LogP contribution is 2.33. The van der Waals surface area contributed by atoms with Gasteiger partial charge in [-0.2, -0.15) is 4.37 Å². The molecule has 0 fully saturated rings. The molecule has 0 atom stereocenters. The molecule has 0 saturated carbocycles. The number of rotatable bonds is 4. The van der Waals surface area contributed by atoms with Crippen LogP contribution in [0.4, 0.5) is 0 Å². The predicted octanol–water partition coefficient (Wildman–Crippen LogP) is 3.11. The summed E-state index contributed by atoms with van der Waals surface area (Å²) in [6.45, 7) is 2.01. The van der Waals surface area contributed by atoms with Crippen LogP contribution in [0.3, 0.4) is 0 Å². The fraction of sp³-hybridized carbons (Fsp3) is 0.182. The Morgan fingerprint density at radius 2 is 2.37 bits per heavy atom. The van der Waals surface area contributed by atoms with E-state index < -0.39 is 0 Å². The van der Waals surface area contributed by atoms with Gasteiger partial charge in [-0.05, 0) is 29.7 Å². The summed E-state index contributed by atoms with van der Waals surface area (Å²) in [6, 6.07) is 5.60. The number of nitrogens with zero attached hydrogens (tertiary/aromatic N) is 3. The Morgan fingerprint density at radius 3 is 3.00 bits per heavy atom. The van der Waals surface area contributed by atoms with Crippen molar-refractivity contribution in [2.75, 3.05) is 0 Å². The van der Waals surface area contributed by atoms with E-state index >= 15 is 0 Å². The summed E-state index contributed by atoms with van der Waals surface area (Å²) in [4.78, 5) is 5.26. The van der Waals surface area contributed by atoms with E-state index in [4.69, 9.17) is 10.9 Å². The molecule has 0 bridgehead atoms. The molecule has 8 heteroatoms. The molecule has 0 aliphatic rings. The first-order valence-electron chi connectivity index (χ1n) is 5.42. The van der Waals surface area contributed by atoms with Gasteiger partial charge in [0.15, 0.2) is 10.2 Å². The molecule has 1 aromatic carbocycles. The quantitative estimate of drug-likeness (QED) is 0.379. The Morgan fingerprint density at radius 1 is 1.58 bits per heavy atom. The lowest BCUT2D eigenvalue weighted by atomic mass is 10.2. The fourth-order valence-electron chi connectivity index (χ4n) is 1.36. The van der Waals surface area contributed by atoms with Gasteiger partial charge in [0.05, 0.1) is 0 Å². The van der Waals surface area contributed by atoms with Crippen molar-refractivity contribution in [1.29, 1.82) is 0 Å². The molecular formula is C11H11BrN4OS2. The largest absolute Gasteiger partial charge is 0.409 e. The second-order valence-electron chi connectivity index (χ2n) is 3.56. The van der Waals surface area contributed by atoms with E-state index in [2.05, 4.69) is 30.4 Å². The van der Waals surface area contributed by atoms with E-state index in [1.54, 1.807) is 6.07 Å². The number of hydrogen-bond acceptors (Lipinski definition) is 6. The summed E-state index contributed by atoms with van der Waals surface area (Å²) < 4.78 is 5.94. The van der Waals surface area contributed by atoms with Crippen LogP contribution in [0.5, 0.6) is 0 Å². The molecule has 2 rings (SSSR count). The molecule has 5 nitrogen and oxygen atoms in total. The van der Waals surface area contributed by atoms with Crippen LogP contribution in [0.2, 0.25) is 0 Å². The summed E-state index contributed by atoms with van der Waals surface area (Å²) in [7, 11) is 0. The minimum atomic E-state index is 0.0732. The lowest BCUT2D eigenvalue weighted by molar-refractivity contribution is 0.318. The van der Waals surface area contributed by atoms with Gasteiger partial charge in [-0.3, -0.25) is 0 Å². The Labute approximate surface area is 127 Å². The highest BCUT2D eigenvalue weighted by atomic mass is 79.9. The zero-order chi connectivity index (χ0) is 13.8. The number of aryl methyl sites for hydroxylation is 1. The van der Waals surface area contributed by atoms with Crippen LogP contribution in [0, 0.1) is 0 Å². The number of nitrogens with two attached hydrogens (primary N) is 1. The number of hydrogen-bond donors (Lipinski definition) is 2. The zero-order valence-electron chi connectivity index (χ0n) is 10.00. The fourth-order valence-corrected chi connectivity index (χ4v) is 3.50. The maximum absolute atomic E-state index is 8.82. The van der Waals surface area contributed by atoms with Crippen molar-refractivity contribution >= 4 is 45.1 Å². The lowest BCUT2D eigenvalue weighted by Crippen LogP contribution is -2.14. The number of benzene rings is 1. The summed E-state index contributed by atoms with van der Waals surface area (Å²) in [6.07, 6.45) is 0.810. The average Bonchev–Trinajstić information content (AvgIpc) is 2.87. The lowest BCUT2D eigenvalue weighted by Gasteiger charge is -2.06. The average molecular weight is 359 g/mol. The zero-order valence-corrected chi connectivity index (χ0v) is 13.2. The van der Waals surface area contributed by atoms with Gasteiger partial charge in [0, 0.05) is 21.4 Å². The van der Waals surface area contributed by atoms with E-state index in [1.807, 2.05) is 19.1 Å². The van der Waals surface area contributed by atoms with Crippen molar-refractivity contribution in [2.24, 2.45) is 10.9 Å². The van der Waals surface area contributed by atoms with Gasteiger partial charge < -0.3 is 10.9 Å². The van der Waals surface area contributed by atoms with Crippen LogP contribution in [-0.4, -0.2) is 20.4 Å². The third-order valence-corrected chi connectivity index (χ3v) is 4.65. The molecule has 3 N–H and O–H groups in total. The third kappa shape index (κ3) is 3.46. The predicted molar refractivity (Wildman–Crippen MR) is 80.1 cm³/mol. The van der Waals surface area contributed by atoms with Crippen molar-refractivity contribution in [3.8, 4) is 0 Å². The molecule has 1 heterocycles. The van der Waals surface area contributed by atoms with Crippen LogP contribution in [0.1, 0.15) is 18.3 Å². The molecule has 1 aromatic heterocycles. The van der Waals surface area contributed by atoms with E-state index in [1.165, 1.54) is 23.3 Å². The van der Waals surface area contributed by atoms with Crippen LogP contribution < -0.4 is 5.73 Å². The first-order valence-corrected chi connectivity index (χ1v) is 7.80. The molecule has 0 amide bonds. The summed E-state index contributed by atoms with van der Waals surface area (Å²) in [5.74, 6) is 0.902. The number of halogens is 1. The maximum atomic E-state index is 8.82. The van der Waals surface area contributed by atoms with Crippen molar-refractivity contribution < 1.29 is 5.21 Å². The summed E-state index contributed by atoms with van der Waals surface area (Å²) >= 11 is 6.17. The molecule has 19 heavy (non-hydrogen) atoms. The van der Waals surface area contributed by atoms with Gasteiger partial charge >= 0.3 is 0 Å². The third-order valence-electron chi connectivity index (χ3n) is 2.29. The second-order valence-corrected chi connectivity index (χ2v) is 6.51. The Balaban J connectivity index is 2.34. The molecule has 0 spiro atoms. The molecule has 0 unspecified atom stereocenters. The molecule has 0 saturated heterocycles. The Bertz CT molecular complexity index is 614. The normalized spacial score (nSPS) is 11.8. The number of aromatic nitrogens is 2. The van der Waals surface area contributed by atoms with Gasteiger partial charge in [-0.1, -0.05) is 39.8 Å². The number of oxime groups is 1. The smallest absolute Gasteiger partial charge is 0.174 e. The Kier molecular flexibility index (Phi) is 4.78. The van der Waals surface area contributed by atoms with Crippen LogP contribution in [0.25, 0.3) is 0 Å². The topological polar surface area (TPSA) is 84.4 Å². The monoisotopic (exact) mass is 358 g/mol. The minimum absolute atomic E-state index is 0.0732. The van der Waals surface area contributed by atoms with E-state index in [-0.39, 0.29) is 5.84 Å². The molecule has 0 aliphatic carbocycles. The highest BCUT2D eigenvalue weighted by molar-refractivity contribution is 9.10. The molecule has 0 radical (unpaired) electrons. The minimum Gasteiger partial charge on any atom is -0.409 e. The van der Waals surface area contributed by atoms with Crippen molar-refractivity contribution in [3.05, 3.63) is 34.1 Å². The summed E-state index contributed by atoms with van der Waals surface area (Å²) in [5, 5.41) is 11.9. The van der Waals surface area contributed by atoms with Crippen LogP contribution in [-0.2, 0) is 6.42 Å². The van der Waals surface area contributed by atoms with Gasteiger partial charge in [0.1, 0.15) is 5.82 Å². The van der Waals surface area contributed by atoms with E-state index in [9.17, 15) is 0 Å². The maximum Gasteiger partial charge on any atom is 0.174 e. The first kappa shape index (κ1) is 14.3. The van der Waals surface area contributed by atoms with Crippen LogP contribution in [0.15, 0.2) is 37.1 Å². The van der Waals surface area contributed by atoms with Gasteiger partial charge in [0.2, 0.25) is 0 Å². The van der Waals surface area contributed by atoms with E-state index in [0.29, 0.717) is 5.56 Å². The second kappa shape index (κ2) is 6.36. The van der Waals surface area contributed by atoms with Gasteiger partial charge in [-0.15, -0.1) is 0 Å². The SMILES string of the molecule is CCc1nsc(Sc2ccc(Br)cc2/C(N)=N/O)n1. The Hall–Kier alpha value is -1.12. The standard InChI is InChI=1S/C11H11BrN4OS2/c1-2-9-14-11(19-16-9)18-8-4-3-6(12)5-7(8)10(13)15-17/h3-5,17H,2H2,1H3,(H2,13,15). The summed E-state index contributed by atoms with van der Waals surface area (Å²) in [5.41, 5.74) is 6.34. The molecular weight excluding hydrogens is 348 g/mol. The van der Waals surface area contributed by atoms with E-state index in [0.717, 1.165) is 26.0 Å². The molecule has 0 aliphatic heterocycles. The first-order chi connectivity index (χ1) is 9.13. The number of amidine groups is 1. The van der Waals surface area contributed by atoms with Crippen molar-refractivity contribution in [2.45, 2.75) is 22.6 Å². The highest BCUT2D eigenvalue weighted by Gasteiger charge is 2.12. The van der Waals surface area contributed by atoms with Crippen molar-refractivity contribution in [1.82, 2.24) is 9.36 Å². The van der Waals surface area contributed by atoms with Gasteiger partial charge in [-0.25, -0.2) is 4.98 Å².